The van der Waals surface area contributed by atoms with Crippen LogP contribution in [0.4, 0.5) is 0 Å². The predicted octanol–water partition coefficient (Wildman–Crippen LogP) is 1.11. The van der Waals surface area contributed by atoms with Crippen molar-refractivity contribution in [3.05, 3.63) is 17.8 Å². The summed E-state index contributed by atoms with van der Waals surface area (Å²) in [6.45, 7) is 2.12. The molecule has 0 aliphatic carbocycles. The van der Waals surface area contributed by atoms with E-state index in [9.17, 15) is 4.79 Å². The Bertz CT molecular complexity index is 367. The molecule has 1 aromatic rings. The van der Waals surface area contributed by atoms with Gasteiger partial charge in [0.05, 0.1) is 5.69 Å². The van der Waals surface area contributed by atoms with E-state index >= 15 is 0 Å². The minimum absolute atomic E-state index is 0.132. The van der Waals surface area contributed by atoms with Gasteiger partial charge in [-0.2, -0.15) is 0 Å². The van der Waals surface area contributed by atoms with Gasteiger partial charge >= 0.3 is 5.97 Å². The van der Waals surface area contributed by atoms with Gasteiger partial charge in [-0.25, -0.2) is 4.98 Å². The van der Waals surface area contributed by atoms with Crippen molar-refractivity contribution in [1.82, 2.24) is 9.88 Å². The van der Waals surface area contributed by atoms with Gasteiger partial charge in [-0.15, -0.1) is 0 Å². The van der Waals surface area contributed by atoms with E-state index in [0.717, 1.165) is 31.6 Å². The number of carboxylic acids is 1. The van der Waals surface area contributed by atoms with Crippen LogP contribution in [0.5, 0.6) is 0 Å². The summed E-state index contributed by atoms with van der Waals surface area (Å²) in [6, 6.07) is 0. The molecule has 0 aromatic carbocycles. The van der Waals surface area contributed by atoms with E-state index in [4.69, 9.17) is 9.52 Å². The lowest BCUT2D eigenvalue weighted by Crippen LogP contribution is -2.29. The number of aromatic nitrogens is 1. The van der Waals surface area contributed by atoms with Gasteiger partial charge in [0.1, 0.15) is 12.7 Å². The van der Waals surface area contributed by atoms with Crippen molar-refractivity contribution >= 4 is 5.97 Å². The lowest BCUT2D eigenvalue weighted by atomic mass is 9.94. The summed E-state index contributed by atoms with van der Waals surface area (Å²) in [5, 5.41) is 8.61. The van der Waals surface area contributed by atoms with Gasteiger partial charge in [-0.05, 0) is 33.0 Å². The van der Waals surface area contributed by atoms with E-state index in [1.165, 1.54) is 0 Å². The Hall–Kier alpha value is -1.36. The van der Waals surface area contributed by atoms with Crippen LogP contribution in [0.3, 0.4) is 0 Å². The molecule has 0 saturated carbocycles. The van der Waals surface area contributed by atoms with Crippen molar-refractivity contribution in [3.63, 3.8) is 0 Å². The number of hydrogen-bond donors (Lipinski definition) is 1. The summed E-state index contributed by atoms with van der Waals surface area (Å²) in [4.78, 5) is 17.0. The van der Waals surface area contributed by atoms with E-state index in [0.29, 0.717) is 11.8 Å². The Morgan fingerprint density at radius 3 is 2.94 bits per heavy atom. The number of carboxylic acid groups (broad SMARTS) is 1. The highest BCUT2D eigenvalue weighted by atomic mass is 16.4. The van der Waals surface area contributed by atoms with E-state index in [-0.39, 0.29) is 6.42 Å². The zero-order valence-corrected chi connectivity index (χ0v) is 9.35. The summed E-state index contributed by atoms with van der Waals surface area (Å²) in [6.07, 6.45) is 3.60. The second-order valence-electron chi connectivity index (χ2n) is 4.31. The molecule has 0 amide bonds. The van der Waals surface area contributed by atoms with Crippen LogP contribution in [-0.2, 0) is 11.2 Å². The molecule has 2 heterocycles. The fourth-order valence-corrected chi connectivity index (χ4v) is 2.03. The molecule has 0 atom stereocenters. The summed E-state index contributed by atoms with van der Waals surface area (Å²) in [5.74, 6) is -0.180. The van der Waals surface area contributed by atoms with Crippen LogP contribution in [0.2, 0.25) is 0 Å². The summed E-state index contributed by atoms with van der Waals surface area (Å²) in [5.41, 5.74) is 0.907. The van der Waals surface area contributed by atoms with Crippen molar-refractivity contribution in [2.45, 2.75) is 25.2 Å². The Morgan fingerprint density at radius 2 is 2.31 bits per heavy atom. The normalized spacial score (nSPS) is 18.8. The quantitative estimate of drug-likeness (QED) is 0.833. The van der Waals surface area contributed by atoms with Crippen LogP contribution in [0, 0.1) is 0 Å². The number of hydrogen-bond acceptors (Lipinski definition) is 4. The van der Waals surface area contributed by atoms with Crippen LogP contribution >= 0.6 is 0 Å². The first-order valence-corrected chi connectivity index (χ1v) is 5.50. The molecular formula is C11H16N2O3. The number of aliphatic carboxylic acids is 1. The SMILES string of the molecule is CN1CCC(c2coc(CC(=O)O)n2)CC1. The second-order valence-corrected chi connectivity index (χ2v) is 4.31. The maximum atomic E-state index is 10.5. The molecule has 1 N–H and O–H groups in total. The van der Waals surface area contributed by atoms with Crippen molar-refractivity contribution in [2.75, 3.05) is 20.1 Å². The van der Waals surface area contributed by atoms with Gasteiger partial charge in [-0.3, -0.25) is 4.79 Å². The molecule has 0 spiro atoms. The standard InChI is InChI=1S/C11H16N2O3/c1-13-4-2-8(3-5-13)9-7-16-10(12-9)6-11(14)15/h7-8H,2-6H2,1H3,(H,14,15). The largest absolute Gasteiger partial charge is 0.481 e. The molecule has 5 heteroatoms. The Labute approximate surface area is 94.1 Å². The third-order valence-electron chi connectivity index (χ3n) is 3.01. The van der Waals surface area contributed by atoms with Crippen LogP contribution in [0.1, 0.15) is 30.3 Å². The highest BCUT2D eigenvalue weighted by molar-refractivity contribution is 5.68. The lowest BCUT2D eigenvalue weighted by Gasteiger charge is -2.27. The molecule has 88 valence electrons. The fourth-order valence-electron chi connectivity index (χ4n) is 2.03. The summed E-state index contributed by atoms with van der Waals surface area (Å²) < 4.78 is 5.15. The third kappa shape index (κ3) is 2.61. The number of oxazole rings is 1. The molecule has 1 aliphatic heterocycles. The van der Waals surface area contributed by atoms with Crippen molar-refractivity contribution < 1.29 is 14.3 Å². The predicted molar refractivity (Wildman–Crippen MR) is 57.3 cm³/mol. The molecule has 0 unspecified atom stereocenters. The van der Waals surface area contributed by atoms with Crippen molar-refractivity contribution in [2.24, 2.45) is 0 Å². The van der Waals surface area contributed by atoms with Crippen LogP contribution in [0.15, 0.2) is 10.7 Å². The highest BCUT2D eigenvalue weighted by Gasteiger charge is 2.21. The molecule has 1 saturated heterocycles. The molecule has 1 fully saturated rings. The van der Waals surface area contributed by atoms with Gasteiger partial charge in [0.15, 0.2) is 0 Å². The second kappa shape index (κ2) is 4.65. The molecule has 0 radical (unpaired) electrons. The zero-order chi connectivity index (χ0) is 11.5. The van der Waals surface area contributed by atoms with Crippen LogP contribution < -0.4 is 0 Å². The molecule has 16 heavy (non-hydrogen) atoms. The number of rotatable bonds is 3. The average Bonchev–Trinajstić information content (AvgIpc) is 2.66. The maximum absolute atomic E-state index is 10.5. The minimum Gasteiger partial charge on any atom is -0.481 e. The first-order chi connectivity index (χ1) is 7.65. The average molecular weight is 224 g/mol. The first-order valence-electron chi connectivity index (χ1n) is 5.50. The Balaban J connectivity index is 1.99. The molecule has 1 aromatic heterocycles. The number of piperidine rings is 1. The van der Waals surface area contributed by atoms with E-state index in [2.05, 4.69) is 16.9 Å². The van der Waals surface area contributed by atoms with Gasteiger partial charge in [0.2, 0.25) is 5.89 Å². The number of nitrogens with zero attached hydrogens (tertiary/aromatic N) is 2. The fraction of sp³-hybridized carbons (Fsp3) is 0.636. The molecular weight excluding hydrogens is 208 g/mol. The van der Waals surface area contributed by atoms with Gasteiger partial charge in [-0.1, -0.05) is 0 Å². The summed E-state index contributed by atoms with van der Waals surface area (Å²) >= 11 is 0. The van der Waals surface area contributed by atoms with Gasteiger partial charge < -0.3 is 14.4 Å². The molecule has 2 rings (SSSR count). The van der Waals surface area contributed by atoms with Gasteiger partial charge in [0, 0.05) is 5.92 Å². The van der Waals surface area contributed by atoms with Gasteiger partial charge in [0.25, 0.3) is 0 Å². The maximum Gasteiger partial charge on any atom is 0.312 e. The molecule has 5 nitrogen and oxygen atoms in total. The Morgan fingerprint density at radius 1 is 1.62 bits per heavy atom. The van der Waals surface area contributed by atoms with Crippen molar-refractivity contribution in [1.29, 1.82) is 0 Å². The summed E-state index contributed by atoms with van der Waals surface area (Å²) in [7, 11) is 2.11. The lowest BCUT2D eigenvalue weighted by molar-refractivity contribution is -0.136. The molecule has 0 bridgehead atoms. The van der Waals surface area contributed by atoms with Crippen LogP contribution in [-0.4, -0.2) is 41.1 Å². The number of likely N-dealkylation sites (tertiary alicyclic amines) is 1. The van der Waals surface area contributed by atoms with Crippen LogP contribution in [0.25, 0.3) is 0 Å². The zero-order valence-electron chi connectivity index (χ0n) is 9.35. The first kappa shape index (κ1) is 11.1. The third-order valence-corrected chi connectivity index (χ3v) is 3.01. The smallest absolute Gasteiger partial charge is 0.312 e. The van der Waals surface area contributed by atoms with E-state index in [1.54, 1.807) is 6.26 Å². The highest BCUT2D eigenvalue weighted by Crippen LogP contribution is 2.26. The van der Waals surface area contributed by atoms with Crippen molar-refractivity contribution in [3.8, 4) is 0 Å². The minimum atomic E-state index is -0.906. The number of carbonyl (C=O) groups is 1. The van der Waals surface area contributed by atoms with E-state index < -0.39 is 5.97 Å². The topological polar surface area (TPSA) is 66.6 Å². The van der Waals surface area contributed by atoms with E-state index in [1.807, 2.05) is 0 Å². The monoisotopic (exact) mass is 224 g/mol. The molecule has 1 aliphatic rings. The Kier molecular flexibility index (Phi) is 3.24.